The van der Waals surface area contributed by atoms with Crippen LogP contribution >= 0.6 is 15.9 Å². The number of aromatic nitrogens is 3. The van der Waals surface area contributed by atoms with Gasteiger partial charge in [0.1, 0.15) is 0 Å². The molecule has 2 rings (SSSR count). The molecule has 16 heavy (non-hydrogen) atoms. The highest BCUT2D eigenvalue weighted by Gasteiger charge is 2.31. The molecule has 0 aromatic carbocycles. The van der Waals surface area contributed by atoms with Gasteiger partial charge in [-0.05, 0) is 40.6 Å². The maximum absolute atomic E-state index is 6.33. The van der Waals surface area contributed by atoms with Gasteiger partial charge in [-0.15, -0.1) is 5.10 Å². The Morgan fingerprint density at radius 2 is 2.31 bits per heavy atom. The second-order valence-corrected chi connectivity index (χ2v) is 5.51. The second-order valence-electron chi connectivity index (χ2n) is 4.76. The zero-order valence-electron chi connectivity index (χ0n) is 9.86. The Morgan fingerprint density at radius 3 is 2.81 bits per heavy atom. The standard InChI is InChI=1S/C11H19BrN4/c1-3-7-4-5-8(6-7)9(13)10-11(12)14-15-16(10)2/h7-9H,3-6,13H2,1-2H3. The minimum atomic E-state index is 0.0610. The topological polar surface area (TPSA) is 56.7 Å². The Hall–Kier alpha value is -0.420. The second kappa shape index (κ2) is 4.84. The van der Waals surface area contributed by atoms with Gasteiger partial charge in [-0.25, -0.2) is 4.68 Å². The van der Waals surface area contributed by atoms with Crippen LogP contribution in [0.4, 0.5) is 0 Å². The number of hydrogen-bond acceptors (Lipinski definition) is 3. The van der Waals surface area contributed by atoms with Crippen molar-refractivity contribution >= 4 is 15.9 Å². The molecule has 1 aliphatic rings. The van der Waals surface area contributed by atoms with E-state index in [4.69, 9.17) is 5.73 Å². The van der Waals surface area contributed by atoms with Gasteiger partial charge in [0.2, 0.25) is 0 Å². The predicted octanol–water partition coefficient (Wildman–Crippen LogP) is 2.40. The summed E-state index contributed by atoms with van der Waals surface area (Å²) in [5, 5.41) is 7.99. The van der Waals surface area contributed by atoms with E-state index in [0.29, 0.717) is 5.92 Å². The maximum Gasteiger partial charge on any atom is 0.153 e. The maximum atomic E-state index is 6.33. The van der Waals surface area contributed by atoms with E-state index in [1.165, 1.54) is 25.7 Å². The van der Waals surface area contributed by atoms with Crippen LogP contribution in [0.25, 0.3) is 0 Å². The lowest BCUT2D eigenvalue weighted by atomic mass is 9.94. The highest BCUT2D eigenvalue weighted by atomic mass is 79.9. The summed E-state index contributed by atoms with van der Waals surface area (Å²) in [6.45, 7) is 2.26. The van der Waals surface area contributed by atoms with Crippen molar-refractivity contribution in [2.24, 2.45) is 24.6 Å². The van der Waals surface area contributed by atoms with Gasteiger partial charge in [0, 0.05) is 7.05 Å². The molecule has 90 valence electrons. The Morgan fingerprint density at radius 1 is 1.56 bits per heavy atom. The van der Waals surface area contributed by atoms with Crippen LogP contribution in [0.5, 0.6) is 0 Å². The van der Waals surface area contributed by atoms with Crippen LogP contribution in [0.3, 0.4) is 0 Å². The van der Waals surface area contributed by atoms with Crippen molar-refractivity contribution in [2.45, 2.75) is 38.6 Å². The van der Waals surface area contributed by atoms with Gasteiger partial charge in [-0.3, -0.25) is 0 Å². The van der Waals surface area contributed by atoms with Gasteiger partial charge in [0.25, 0.3) is 0 Å². The quantitative estimate of drug-likeness (QED) is 0.928. The van der Waals surface area contributed by atoms with Crippen molar-refractivity contribution in [3.8, 4) is 0 Å². The Labute approximate surface area is 105 Å². The fraction of sp³-hybridized carbons (Fsp3) is 0.818. The third kappa shape index (κ3) is 2.15. The summed E-state index contributed by atoms with van der Waals surface area (Å²) in [7, 11) is 1.90. The number of rotatable bonds is 3. The molecule has 1 saturated carbocycles. The van der Waals surface area contributed by atoms with Crippen LogP contribution < -0.4 is 5.73 Å². The van der Waals surface area contributed by atoms with Crippen LogP contribution in [0.15, 0.2) is 4.60 Å². The summed E-state index contributed by atoms with van der Waals surface area (Å²) < 4.78 is 2.58. The number of halogens is 1. The van der Waals surface area contributed by atoms with Crippen molar-refractivity contribution < 1.29 is 0 Å². The minimum Gasteiger partial charge on any atom is -0.322 e. The molecule has 1 aromatic rings. The first kappa shape index (κ1) is 12.0. The lowest BCUT2D eigenvalue weighted by Gasteiger charge is -2.19. The monoisotopic (exact) mass is 286 g/mol. The van der Waals surface area contributed by atoms with Crippen LogP contribution in [0, 0.1) is 11.8 Å². The van der Waals surface area contributed by atoms with Crippen LogP contribution in [-0.2, 0) is 7.05 Å². The number of hydrogen-bond donors (Lipinski definition) is 1. The summed E-state index contributed by atoms with van der Waals surface area (Å²) in [5.74, 6) is 1.44. The van der Waals surface area contributed by atoms with E-state index in [1.54, 1.807) is 4.68 Å². The summed E-state index contributed by atoms with van der Waals surface area (Å²) in [6, 6.07) is 0.0610. The molecule has 0 radical (unpaired) electrons. The van der Waals surface area contributed by atoms with Crippen LogP contribution in [0.2, 0.25) is 0 Å². The highest BCUT2D eigenvalue weighted by Crippen LogP contribution is 2.40. The third-order valence-corrected chi connectivity index (χ3v) is 4.37. The number of nitrogens with zero attached hydrogens (tertiary/aromatic N) is 3. The molecular formula is C11H19BrN4. The average molecular weight is 287 g/mol. The molecular weight excluding hydrogens is 268 g/mol. The molecule has 3 atom stereocenters. The van der Waals surface area contributed by atoms with Gasteiger partial charge < -0.3 is 5.73 Å². The van der Waals surface area contributed by atoms with E-state index in [9.17, 15) is 0 Å². The van der Waals surface area contributed by atoms with E-state index >= 15 is 0 Å². The molecule has 0 saturated heterocycles. The van der Waals surface area contributed by atoms with Gasteiger partial charge in [0.15, 0.2) is 4.60 Å². The predicted molar refractivity (Wildman–Crippen MR) is 66.8 cm³/mol. The molecule has 4 nitrogen and oxygen atoms in total. The largest absolute Gasteiger partial charge is 0.322 e. The number of aryl methyl sites for hydroxylation is 1. The summed E-state index contributed by atoms with van der Waals surface area (Å²) >= 11 is 3.42. The fourth-order valence-corrected chi connectivity index (χ4v) is 3.32. The van der Waals surface area contributed by atoms with Crippen molar-refractivity contribution in [1.29, 1.82) is 0 Å². The summed E-state index contributed by atoms with van der Waals surface area (Å²) in [4.78, 5) is 0. The van der Waals surface area contributed by atoms with E-state index in [-0.39, 0.29) is 6.04 Å². The average Bonchev–Trinajstić information content (AvgIpc) is 2.85. The van der Waals surface area contributed by atoms with Gasteiger partial charge in [-0.2, -0.15) is 0 Å². The van der Waals surface area contributed by atoms with Crippen molar-refractivity contribution in [1.82, 2.24) is 15.0 Å². The number of nitrogens with two attached hydrogens (primary N) is 1. The molecule has 1 aromatic heterocycles. The van der Waals surface area contributed by atoms with Crippen LogP contribution in [-0.4, -0.2) is 15.0 Å². The van der Waals surface area contributed by atoms with E-state index in [0.717, 1.165) is 16.2 Å². The van der Waals surface area contributed by atoms with Crippen molar-refractivity contribution in [3.05, 3.63) is 10.3 Å². The first-order valence-corrected chi connectivity index (χ1v) is 6.73. The Kier molecular flexibility index (Phi) is 3.64. The fourth-order valence-electron chi connectivity index (χ4n) is 2.73. The molecule has 1 heterocycles. The van der Waals surface area contributed by atoms with E-state index < -0.39 is 0 Å². The normalized spacial score (nSPS) is 27.2. The zero-order valence-corrected chi connectivity index (χ0v) is 11.4. The zero-order chi connectivity index (χ0) is 11.7. The SMILES string of the molecule is CCC1CCC(C(N)c2c(Br)nnn2C)C1. The summed E-state index contributed by atoms with van der Waals surface area (Å²) in [5.41, 5.74) is 7.36. The molecule has 0 bridgehead atoms. The highest BCUT2D eigenvalue weighted by molar-refractivity contribution is 9.10. The van der Waals surface area contributed by atoms with Crippen molar-refractivity contribution in [2.75, 3.05) is 0 Å². The Bertz CT molecular complexity index is 343. The molecule has 1 aliphatic carbocycles. The van der Waals surface area contributed by atoms with Crippen LogP contribution in [0.1, 0.15) is 44.3 Å². The molecule has 2 N–H and O–H groups in total. The molecule has 3 unspecified atom stereocenters. The van der Waals surface area contributed by atoms with Gasteiger partial charge in [0.05, 0.1) is 11.7 Å². The minimum absolute atomic E-state index is 0.0610. The molecule has 0 amide bonds. The third-order valence-electron chi connectivity index (χ3n) is 3.81. The van der Waals surface area contributed by atoms with E-state index in [2.05, 4.69) is 33.2 Å². The van der Waals surface area contributed by atoms with Gasteiger partial charge in [-0.1, -0.05) is 25.0 Å². The smallest absolute Gasteiger partial charge is 0.153 e. The Balaban J connectivity index is 2.11. The van der Waals surface area contributed by atoms with Gasteiger partial charge >= 0.3 is 0 Å². The first-order chi connectivity index (χ1) is 7.63. The molecule has 1 fully saturated rings. The lowest BCUT2D eigenvalue weighted by molar-refractivity contribution is 0.399. The molecule has 5 heteroatoms. The summed E-state index contributed by atoms with van der Waals surface area (Å²) in [6.07, 6.45) is 5.07. The molecule has 0 spiro atoms. The molecule has 0 aliphatic heterocycles. The van der Waals surface area contributed by atoms with E-state index in [1.807, 2.05) is 7.05 Å². The first-order valence-electron chi connectivity index (χ1n) is 5.94. The van der Waals surface area contributed by atoms with Crippen molar-refractivity contribution in [3.63, 3.8) is 0 Å². The lowest BCUT2D eigenvalue weighted by Crippen LogP contribution is -2.22.